The summed E-state index contributed by atoms with van der Waals surface area (Å²) >= 11 is 5.85. The van der Waals surface area contributed by atoms with Crippen LogP contribution >= 0.6 is 11.6 Å². The molecule has 4 nitrogen and oxygen atoms in total. The van der Waals surface area contributed by atoms with Gasteiger partial charge < -0.3 is 15.4 Å². The normalized spacial score (nSPS) is 11.1. The van der Waals surface area contributed by atoms with Gasteiger partial charge in [0.15, 0.2) is 11.6 Å². The van der Waals surface area contributed by atoms with E-state index in [9.17, 15) is 8.78 Å². The lowest BCUT2D eigenvalue weighted by Gasteiger charge is -2.16. The molecule has 1 aromatic heterocycles. The SMILES string of the molecule is CN(C)Cc1ccccc1-c1cnc(N)c(OCc2c(F)ccc(F)c2Cl)c1. The molecule has 0 radical (unpaired) electrons. The second-order valence-electron chi connectivity index (χ2n) is 6.61. The fraction of sp³-hybridized carbons (Fsp3) is 0.190. The Balaban J connectivity index is 1.91. The maximum atomic E-state index is 14.0. The highest BCUT2D eigenvalue weighted by molar-refractivity contribution is 6.31. The molecule has 0 unspecified atom stereocenters. The van der Waals surface area contributed by atoms with Gasteiger partial charge >= 0.3 is 0 Å². The molecule has 0 fully saturated rings. The Morgan fingerprint density at radius 3 is 2.57 bits per heavy atom. The summed E-state index contributed by atoms with van der Waals surface area (Å²) in [5, 5.41) is -0.306. The van der Waals surface area contributed by atoms with Gasteiger partial charge in [-0.15, -0.1) is 0 Å². The van der Waals surface area contributed by atoms with Crippen molar-refractivity contribution in [1.82, 2.24) is 9.88 Å². The van der Waals surface area contributed by atoms with E-state index in [1.54, 1.807) is 12.3 Å². The number of nitrogen functional groups attached to an aromatic ring is 1. The van der Waals surface area contributed by atoms with Crippen molar-refractivity contribution in [1.29, 1.82) is 0 Å². The maximum Gasteiger partial charge on any atom is 0.166 e. The first-order chi connectivity index (χ1) is 13.4. The fourth-order valence-electron chi connectivity index (χ4n) is 2.85. The highest BCUT2D eigenvalue weighted by atomic mass is 35.5. The smallest absolute Gasteiger partial charge is 0.166 e. The van der Waals surface area contributed by atoms with Crippen LogP contribution in [0.15, 0.2) is 48.7 Å². The second kappa shape index (κ2) is 8.54. The average molecular weight is 404 g/mol. The Bertz CT molecular complexity index is 995. The van der Waals surface area contributed by atoms with E-state index in [4.69, 9.17) is 22.1 Å². The zero-order chi connectivity index (χ0) is 20.3. The Labute approximate surface area is 167 Å². The molecule has 1 heterocycles. The van der Waals surface area contributed by atoms with E-state index in [0.717, 1.165) is 35.4 Å². The van der Waals surface area contributed by atoms with Gasteiger partial charge in [0.2, 0.25) is 0 Å². The van der Waals surface area contributed by atoms with Crippen LogP contribution < -0.4 is 10.5 Å². The van der Waals surface area contributed by atoms with E-state index in [-0.39, 0.29) is 28.8 Å². The largest absolute Gasteiger partial charge is 0.485 e. The molecule has 7 heteroatoms. The summed E-state index contributed by atoms with van der Waals surface area (Å²) in [4.78, 5) is 6.25. The van der Waals surface area contributed by atoms with Gasteiger partial charge in [0.25, 0.3) is 0 Å². The van der Waals surface area contributed by atoms with Crippen molar-refractivity contribution in [2.75, 3.05) is 19.8 Å². The summed E-state index contributed by atoms with van der Waals surface area (Å²) in [5.41, 5.74) is 8.76. The van der Waals surface area contributed by atoms with Crippen LogP contribution in [0, 0.1) is 11.6 Å². The zero-order valence-corrected chi connectivity index (χ0v) is 16.3. The third-order valence-corrected chi connectivity index (χ3v) is 4.62. The summed E-state index contributed by atoms with van der Waals surface area (Å²) in [6.07, 6.45) is 1.66. The van der Waals surface area contributed by atoms with Crippen LogP contribution in [0.1, 0.15) is 11.1 Å². The first-order valence-corrected chi connectivity index (χ1v) is 8.98. The van der Waals surface area contributed by atoms with Crippen LogP contribution in [0.2, 0.25) is 5.02 Å². The van der Waals surface area contributed by atoms with Crippen molar-refractivity contribution in [3.63, 3.8) is 0 Å². The number of benzene rings is 2. The van der Waals surface area contributed by atoms with Gasteiger partial charge in [0.05, 0.1) is 5.02 Å². The number of nitrogens with two attached hydrogens (primary N) is 1. The third-order valence-electron chi connectivity index (χ3n) is 4.21. The molecule has 0 amide bonds. The van der Waals surface area contributed by atoms with Crippen molar-refractivity contribution in [3.8, 4) is 16.9 Å². The molecule has 3 rings (SSSR count). The highest BCUT2D eigenvalue weighted by Gasteiger charge is 2.15. The number of rotatable bonds is 6. The number of halogens is 3. The predicted molar refractivity (Wildman–Crippen MR) is 107 cm³/mol. The van der Waals surface area contributed by atoms with E-state index in [0.29, 0.717) is 0 Å². The molecular formula is C21H20ClF2N3O. The molecule has 0 atom stereocenters. The van der Waals surface area contributed by atoms with Crippen LogP contribution in [0.5, 0.6) is 5.75 Å². The third kappa shape index (κ3) is 4.40. The number of hydrogen-bond acceptors (Lipinski definition) is 4. The Hall–Kier alpha value is -2.70. The number of nitrogens with zero attached hydrogens (tertiary/aromatic N) is 2. The number of aromatic nitrogens is 1. The van der Waals surface area contributed by atoms with Crippen LogP contribution in [-0.2, 0) is 13.2 Å². The molecule has 0 bridgehead atoms. The molecule has 3 aromatic rings. The van der Waals surface area contributed by atoms with Gasteiger partial charge in [0.1, 0.15) is 18.2 Å². The number of ether oxygens (including phenoxy) is 1. The zero-order valence-electron chi connectivity index (χ0n) is 15.5. The van der Waals surface area contributed by atoms with E-state index >= 15 is 0 Å². The van der Waals surface area contributed by atoms with E-state index in [1.807, 2.05) is 38.4 Å². The average Bonchev–Trinajstić information content (AvgIpc) is 2.66. The van der Waals surface area contributed by atoms with Crippen LogP contribution in [0.3, 0.4) is 0 Å². The Morgan fingerprint density at radius 2 is 1.82 bits per heavy atom. The molecule has 0 aliphatic rings. The van der Waals surface area contributed by atoms with Crippen molar-refractivity contribution in [2.24, 2.45) is 0 Å². The van der Waals surface area contributed by atoms with Crippen LogP contribution in [0.25, 0.3) is 11.1 Å². The molecule has 28 heavy (non-hydrogen) atoms. The number of anilines is 1. The topological polar surface area (TPSA) is 51.4 Å². The standard InChI is InChI=1S/C21H20ClF2N3O/c1-27(2)11-13-5-3-4-6-15(13)14-9-19(21(25)26-10-14)28-12-16-17(23)7-8-18(24)20(16)22/h3-10H,11-12H2,1-2H3,(H2,25,26). The lowest BCUT2D eigenvalue weighted by atomic mass is 10.0. The maximum absolute atomic E-state index is 14.0. The molecule has 0 aliphatic heterocycles. The summed E-state index contributed by atoms with van der Waals surface area (Å²) in [7, 11) is 3.98. The molecule has 0 saturated carbocycles. The number of hydrogen-bond donors (Lipinski definition) is 1. The van der Waals surface area contributed by atoms with E-state index in [1.165, 1.54) is 0 Å². The Kier molecular flexibility index (Phi) is 6.11. The van der Waals surface area contributed by atoms with Gasteiger partial charge in [-0.3, -0.25) is 0 Å². The minimum Gasteiger partial charge on any atom is -0.485 e. The van der Waals surface area contributed by atoms with Crippen LogP contribution in [-0.4, -0.2) is 24.0 Å². The van der Waals surface area contributed by atoms with Crippen molar-refractivity contribution in [3.05, 3.63) is 76.4 Å². The van der Waals surface area contributed by atoms with Gasteiger partial charge in [-0.1, -0.05) is 35.9 Å². The van der Waals surface area contributed by atoms with Crippen molar-refractivity contribution < 1.29 is 13.5 Å². The summed E-state index contributed by atoms with van der Waals surface area (Å²) in [6, 6.07) is 11.6. The molecule has 2 N–H and O–H groups in total. The van der Waals surface area contributed by atoms with Gasteiger partial charge in [0, 0.05) is 23.9 Å². The predicted octanol–water partition coefficient (Wildman–Crippen LogP) is 4.90. The first-order valence-electron chi connectivity index (χ1n) is 8.60. The lowest BCUT2D eigenvalue weighted by Crippen LogP contribution is -2.11. The fourth-order valence-corrected chi connectivity index (χ4v) is 3.06. The van der Waals surface area contributed by atoms with Gasteiger partial charge in [-0.2, -0.15) is 0 Å². The second-order valence-corrected chi connectivity index (χ2v) is 6.99. The monoisotopic (exact) mass is 403 g/mol. The summed E-state index contributed by atoms with van der Waals surface area (Å²) in [5.74, 6) is -0.928. The number of pyridine rings is 1. The molecular weight excluding hydrogens is 384 g/mol. The summed E-state index contributed by atoms with van der Waals surface area (Å²) in [6.45, 7) is 0.484. The minimum absolute atomic E-state index is 0.0699. The van der Waals surface area contributed by atoms with Crippen LogP contribution in [0.4, 0.5) is 14.6 Å². The van der Waals surface area contributed by atoms with Gasteiger partial charge in [-0.05, 0) is 43.4 Å². The molecule has 0 spiro atoms. The molecule has 2 aromatic carbocycles. The molecule has 0 saturated heterocycles. The summed E-state index contributed by atoms with van der Waals surface area (Å²) < 4.78 is 33.2. The van der Waals surface area contributed by atoms with Crippen molar-refractivity contribution in [2.45, 2.75) is 13.2 Å². The molecule has 146 valence electrons. The quantitative estimate of drug-likeness (QED) is 0.594. The lowest BCUT2D eigenvalue weighted by molar-refractivity contribution is 0.300. The first kappa shape index (κ1) is 20.0. The van der Waals surface area contributed by atoms with Gasteiger partial charge in [-0.25, -0.2) is 13.8 Å². The Morgan fingerprint density at radius 1 is 1.11 bits per heavy atom. The molecule has 0 aliphatic carbocycles. The highest BCUT2D eigenvalue weighted by Crippen LogP contribution is 2.31. The minimum atomic E-state index is -0.709. The van der Waals surface area contributed by atoms with Crippen molar-refractivity contribution >= 4 is 17.4 Å². The van der Waals surface area contributed by atoms with E-state index < -0.39 is 11.6 Å². The van der Waals surface area contributed by atoms with E-state index in [2.05, 4.69) is 9.88 Å².